The largest absolute Gasteiger partial charge is 0.105 e. The normalized spacial score (nSPS) is 22.4. The van der Waals surface area contributed by atoms with Gasteiger partial charge in [-0.2, -0.15) is 0 Å². The lowest BCUT2D eigenvalue weighted by atomic mass is 10.2. The Bertz CT molecular complexity index is 381. The highest BCUT2D eigenvalue weighted by atomic mass is 31.2. The molecule has 1 heteroatoms. The molecule has 0 saturated carbocycles. The molecule has 1 unspecified atom stereocenters. The van der Waals surface area contributed by atoms with Crippen LogP contribution in [0.25, 0.3) is 6.08 Å². The van der Waals surface area contributed by atoms with E-state index in [4.69, 9.17) is 0 Å². The first-order chi connectivity index (χ1) is 7.76. The lowest BCUT2D eigenvalue weighted by Gasteiger charge is -2.16. The Kier molecular flexibility index (Phi) is 3.82. The number of hydrogen-bond donors (Lipinski definition) is 0. The molecule has 1 aliphatic rings. The van der Waals surface area contributed by atoms with E-state index in [0.717, 1.165) is 0 Å². The van der Waals surface area contributed by atoms with Gasteiger partial charge in [-0.3, -0.25) is 0 Å². The Balaban J connectivity index is 2.02. The van der Waals surface area contributed by atoms with Crippen molar-refractivity contribution in [2.24, 2.45) is 0 Å². The van der Waals surface area contributed by atoms with Gasteiger partial charge in [-0.05, 0) is 25.0 Å². The van der Waals surface area contributed by atoms with Gasteiger partial charge in [0.05, 0.1) is 25.9 Å². The molecule has 1 heterocycles. The van der Waals surface area contributed by atoms with E-state index in [-0.39, 0.29) is 0 Å². The van der Waals surface area contributed by atoms with E-state index in [0.29, 0.717) is 0 Å². The minimum Gasteiger partial charge on any atom is -0.0654 e. The van der Waals surface area contributed by atoms with Gasteiger partial charge in [0.2, 0.25) is 0 Å². The molecule has 0 amide bonds. The maximum atomic E-state index is 2.50. The molecule has 0 aliphatic carbocycles. The van der Waals surface area contributed by atoms with Crippen LogP contribution in [0.5, 0.6) is 0 Å². The molecule has 0 spiro atoms. The Labute approximate surface area is 100 Å². The first kappa shape index (κ1) is 11.9. The monoisotopic (exact) mass is 233 g/mol. The average Bonchev–Trinajstić information content (AvgIpc) is 2.64. The van der Waals surface area contributed by atoms with Gasteiger partial charge >= 0.3 is 0 Å². The van der Waals surface area contributed by atoms with E-state index in [1.807, 2.05) is 0 Å². The smallest absolute Gasteiger partial charge is 0.0654 e. The predicted octanol–water partition coefficient (Wildman–Crippen LogP) is 4.52. The Morgan fingerprint density at radius 1 is 1.06 bits per heavy atom. The van der Waals surface area contributed by atoms with Crippen LogP contribution in [0.2, 0.25) is 0 Å². The summed E-state index contributed by atoms with van der Waals surface area (Å²) in [4.78, 5) is 0. The summed E-state index contributed by atoms with van der Waals surface area (Å²) in [5, 5.41) is 1.63. The quantitative estimate of drug-likeness (QED) is 0.518. The summed E-state index contributed by atoms with van der Waals surface area (Å²) in [5.41, 5.74) is 1.47. The zero-order valence-electron chi connectivity index (χ0n) is 10.4. The van der Waals surface area contributed by atoms with E-state index in [9.17, 15) is 0 Å². The summed E-state index contributed by atoms with van der Waals surface area (Å²) >= 11 is 0. The number of unbranched alkanes of at least 4 members (excludes halogenated alkanes) is 3. The number of fused-ring (bicyclic) bond motifs is 1. The van der Waals surface area contributed by atoms with Crippen LogP contribution in [-0.2, 0) is 0 Å². The lowest BCUT2D eigenvalue weighted by Crippen LogP contribution is -2.10. The first-order valence-corrected chi connectivity index (χ1v) is 8.89. The molecule has 1 aromatic rings. The lowest BCUT2D eigenvalue weighted by molar-refractivity contribution is 0.704. The van der Waals surface area contributed by atoms with Crippen molar-refractivity contribution in [1.82, 2.24) is 0 Å². The highest BCUT2D eigenvalue weighted by Crippen LogP contribution is 2.60. The molecule has 1 atom stereocenters. The number of rotatable bonds is 5. The van der Waals surface area contributed by atoms with E-state index in [2.05, 4.69) is 49.7 Å². The molecule has 86 valence electrons. The van der Waals surface area contributed by atoms with E-state index in [1.165, 1.54) is 37.4 Å². The second-order valence-corrected chi connectivity index (χ2v) is 8.69. The molecule has 0 saturated heterocycles. The summed E-state index contributed by atoms with van der Waals surface area (Å²) < 4.78 is 0. The van der Waals surface area contributed by atoms with Gasteiger partial charge in [-0.25, -0.2) is 0 Å². The van der Waals surface area contributed by atoms with Gasteiger partial charge in [-0.1, -0.05) is 38.0 Å². The fourth-order valence-corrected chi connectivity index (χ4v) is 5.57. The Morgan fingerprint density at radius 2 is 1.88 bits per heavy atom. The van der Waals surface area contributed by atoms with Crippen LogP contribution >= 0.6 is 7.26 Å². The van der Waals surface area contributed by atoms with Crippen molar-refractivity contribution in [3.63, 3.8) is 0 Å². The summed E-state index contributed by atoms with van der Waals surface area (Å²) in [6.45, 7) is 4.77. The fourth-order valence-electron chi connectivity index (χ4n) is 2.48. The minimum atomic E-state index is -0.931. The van der Waals surface area contributed by atoms with Crippen molar-refractivity contribution >= 4 is 18.6 Å². The van der Waals surface area contributed by atoms with Gasteiger partial charge < -0.3 is 0 Å². The third-order valence-corrected chi connectivity index (χ3v) is 7.11. The zero-order valence-corrected chi connectivity index (χ0v) is 11.3. The van der Waals surface area contributed by atoms with Crippen molar-refractivity contribution in [2.45, 2.75) is 32.6 Å². The summed E-state index contributed by atoms with van der Waals surface area (Å²) in [7, 11) is -0.931. The molecular formula is C15H22P+. The number of benzene rings is 1. The Hall–Kier alpha value is -0.610. The van der Waals surface area contributed by atoms with Gasteiger partial charge in [0.15, 0.2) is 0 Å². The van der Waals surface area contributed by atoms with Gasteiger partial charge in [0, 0.05) is 5.56 Å². The zero-order chi connectivity index (χ0) is 11.4. The van der Waals surface area contributed by atoms with Crippen LogP contribution in [0.1, 0.15) is 38.2 Å². The van der Waals surface area contributed by atoms with Crippen LogP contribution in [0.4, 0.5) is 0 Å². The predicted molar refractivity (Wildman–Crippen MR) is 77.0 cm³/mol. The van der Waals surface area contributed by atoms with Crippen LogP contribution < -0.4 is 5.30 Å². The molecule has 0 nitrogen and oxygen atoms in total. The highest BCUT2D eigenvalue weighted by Gasteiger charge is 2.36. The summed E-state index contributed by atoms with van der Waals surface area (Å²) in [5.74, 6) is 2.50. The second-order valence-electron chi connectivity index (χ2n) is 4.93. The van der Waals surface area contributed by atoms with Gasteiger partial charge in [-0.15, -0.1) is 0 Å². The minimum absolute atomic E-state index is 0.931. The molecular weight excluding hydrogens is 211 g/mol. The van der Waals surface area contributed by atoms with Crippen molar-refractivity contribution in [3.05, 3.63) is 35.6 Å². The number of hydrogen-bond acceptors (Lipinski definition) is 0. The van der Waals surface area contributed by atoms with Crippen LogP contribution in [-0.4, -0.2) is 12.8 Å². The molecule has 0 fully saturated rings. The topological polar surface area (TPSA) is 0 Å². The van der Waals surface area contributed by atoms with E-state index in [1.54, 1.807) is 5.30 Å². The molecule has 0 bridgehead atoms. The molecule has 0 radical (unpaired) electrons. The molecule has 0 N–H and O–H groups in total. The first-order valence-electron chi connectivity index (χ1n) is 6.40. The van der Waals surface area contributed by atoms with Crippen LogP contribution in [0, 0.1) is 0 Å². The van der Waals surface area contributed by atoms with E-state index >= 15 is 0 Å². The molecule has 1 aliphatic heterocycles. The molecule has 0 aromatic heterocycles. The maximum Gasteiger partial charge on any atom is 0.105 e. The average molecular weight is 233 g/mol. The van der Waals surface area contributed by atoms with Crippen molar-refractivity contribution in [3.8, 4) is 0 Å². The van der Waals surface area contributed by atoms with Crippen molar-refractivity contribution in [2.75, 3.05) is 12.8 Å². The fraction of sp³-hybridized carbons (Fsp3) is 0.467. The van der Waals surface area contributed by atoms with Crippen LogP contribution in [0.3, 0.4) is 0 Å². The molecule has 2 rings (SSSR count). The van der Waals surface area contributed by atoms with E-state index < -0.39 is 7.26 Å². The highest BCUT2D eigenvalue weighted by molar-refractivity contribution is 7.85. The maximum absolute atomic E-state index is 2.50. The van der Waals surface area contributed by atoms with Gasteiger partial charge in [0.1, 0.15) is 5.30 Å². The molecule has 1 aromatic carbocycles. The standard InChI is InChI=1S/C15H22P/c1-3-4-5-8-12-16(2)13-11-14-9-6-7-10-15(14)16/h6-7,9-11,13H,3-5,8,12H2,1-2H3/q+1. The summed E-state index contributed by atoms with van der Waals surface area (Å²) in [6, 6.07) is 8.93. The Morgan fingerprint density at radius 3 is 2.69 bits per heavy atom. The third kappa shape index (κ3) is 2.38. The van der Waals surface area contributed by atoms with Gasteiger partial charge in [0.25, 0.3) is 0 Å². The summed E-state index contributed by atoms with van der Waals surface area (Å²) in [6.07, 6.45) is 9.27. The SMILES string of the molecule is CCCCCC[P+]1(C)C=Cc2ccccc21. The third-order valence-electron chi connectivity index (χ3n) is 3.55. The van der Waals surface area contributed by atoms with Crippen LogP contribution in [0.15, 0.2) is 30.1 Å². The molecule has 16 heavy (non-hydrogen) atoms. The second kappa shape index (κ2) is 5.15. The van der Waals surface area contributed by atoms with Crippen molar-refractivity contribution < 1.29 is 0 Å². The van der Waals surface area contributed by atoms with Crippen molar-refractivity contribution in [1.29, 1.82) is 0 Å².